The van der Waals surface area contributed by atoms with Gasteiger partial charge in [-0.3, -0.25) is 9.69 Å². The third-order valence-electron chi connectivity index (χ3n) is 5.21. The van der Waals surface area contributed by atoms with Gasteiger partial charge in [0, 0.05) is 18.2 Å². The van der Waals surface area contributed by atoms with Gasteiger partial charge in [0.1, 0.15) is 0 Å². The van der Waals surface area contributed by atoms with Crippen molar-refractivity contribution in [2.75, 3.05) is 31.5 Å². The van der Waals surface area contributed by atoms with Crippen LogP contribution in [0.15, 0.2) is 24.3 Å². The SMILES string of the molecule is CC1CCN(Cc2ccc(NC(=O)C3CCNCC3)cc2)CC1.Cl. The lowest BCUT2D eigenvalue weighted by atomic mass is 9.97. The number of benzene rings is 1. The average molecular weight is 352 g/mol. The summed E-state index contributed by atoms with van der Waals surface area (Å²) in [5.41, 5.74) is 2.25. The van der Waals surface area contributed by atoms with Crippen molar-refractivity contribution < 1.29 is 4.79 Å². The quantitative estimate of drug-likeness (QED) is 0.875. The molecule has 2 aliphatic heterocycles. The van der Waals surface area contributed by atoms with Crippen LogP contribution in [0.5, 0.6) is 0 Å². The molecule has 0 aliphatic carbocycles. The number of piperidine rings is 2. The van der Waals surface area contributed by atoms with E-state index in [-0.39, 0.29) is 24.2 Å². The van der Waals surface area contributed by atoms with Gasteiger partial charge >= 0.3 is 0 Å². The highest BCUT2D eigenvalue weighted by molar-refractivity contribution is 5.92. The van der Waals surface area contributed by atoms with Gasteiger partial charge in [-0.2, -0.15) is 0 Å². The summed E-state index contributed by atoms with van der Waals surface area (Å²) >= 11 is 0. The van der Waals surface area contributed by atoms with E-state index in [1.54, 1.807) is 0 Å². The molecule has 4 nitrogen and oxygen atoms in total. The molecule has 2 saturated heterocycles. The number of halogens is 1. The number of amides is 1. The van der Waals surface area contributed by atoms with E-state index < -0.39 is 0 Å². The number of carbonyl (C=O) groups excluding carboxylic acids is 1. The van der Waals surface area contributed by atoms with Crippen LogP contribution in [0.2, 0.25) is 0 Å². The minimum atomic E-state index is 0. The van der Waals surface area contributed by atoms with E-state index in [1.165, 1.54) is 31.5 Å². The number of hydrogen-bond donors (Lipinski definition) is 2. The average Bonchev–Trinajstić information content (AvgIpc) is 2.59. The third kappa shape index (κ3) is 5.47. The Morgan fingerprint density at radius 2 is 1.75 bits per heavy atom. The Morgan fingerprint density at radius 1 is 1.12 bits per heavy atom. The van der Waals surface area contributed by atoms with Crippen LogP contribution >= 0.6 is 12.4 Å². The van der Waals surface area contributed by atoms with E-state index in [0.717, 1.165) is 44.1 Å². The Balaban J connectivity index is 0.00000208. The number of rotatable bonds is 4. The second-order valence-electron chi connectivity index (χ2n) is 7.17. The molecule has 0 atom stereocenters. The molecule has 3 rings (SSSR count). The van der Waals surface area contributed by atoms with Gasteiger partial charge in [0.25, 0.3) is 0 Å². The summed E-state index contributed by atoms with van der Waals surface area (Å²) < 4.78 is 0. The van der Waals surface area contributed by atoms with Gasteiger partial charge in [-0.15, -0.1) is 12.4 Å². The molecular weight excluding hydrogens is 322 g/mol. The Morgan fingerprint density at radius 3 is 2.38 bits per heavy atom. The predicted molar refractivity (Wildman–Crippen MR) is 102 cm³/mol. The Hall–Kier alpha value is -1.10. The molecule has 2 aliphatic rings. The van der Waals surface area contributed by atoms with Crippen molar-refractivity contribution in [3.05, 3.63) is 29.8 Å². The van der Waals surface area contributed by atoms with Crippen LogP contribution < -0.4 is 10.6 Å². The van der Waals surface area contributed by atoms with Crippen LogP contribution in [0.3, 0.4) is 0 Å². The van der Waals surface area contributed by atoms with Crippen molar-refractivity contribution >= 4 is 24.0 Å². The number of likely N-dealkylation sites (tertiary alicyclic amines) is 1. The molecule has 1 aromatic rings. The topological polar surface area (TPSA) is 44.4 Å². The summed E-state index contributed by atoms with van der Waals surface area (Å²) in [6, 6.07) is 8.38. The largest absolute Gasteiger partial charge is 0.326 e. The van der Waals surface area contributed by atoms with Crippen molar-refractivity contribution in [1.29, 1.82) is 0 Å². The highest BCUT2D eigenvalue weighted by Crippen LogP contribution is 2.20. The van der Waals surface area contributed by atoms with Crippen LogP contribution in [0.25, 0.3) is 0 Å². The fourth-order valence-corrected chi connectivity index (χ4v) is 3.50. The first-order chi connectivity index (χ1) is 11.2. The minimum absolute atomic E-state index is 0. The molecule has 2 heterocycles. The molecule has 0 spiro atoms. The summed E-state index contributed by atoms with van der Waals surface area (Å²) in [5, 5.41) is 6.37. The zero-order chi connectivity index (χ0) is 16.1. The van der Waals surface area contributed by atoms with Crippen LogP contribution in [-0.4, -0.2) is 37.0 Å². The fourth-order valence-electron chi connectivity index (χ4n) is 3.50. The molecule has 5 heteroatoms. The zero-order valence-corrected chi connectivity index (χ0v) is 15.4. The Labute approximate surface area is 151 Å². The van der Waals surface area contributed by atoms with Gasteiger partial charge in [-0.1, -0.05) is 19.1 Å². The van der Waals surface area contributed by atoms with Gasteiger partial charge in [-0.05, 0) is 75.5 Å². The van der Waals surface area contributed by atoms with Crippen molar-refractivity contribution in [1.82, 2.24) is 10.2 Å². The zero-order valence-electron chi connectivity index (χ0n) is 14.6. The summed E-state index contributed by atoms with van der Waals surface area (Å²) in [7, 11) is 0. The number of anilines is 1. The third-order valence-corrected chi connectivity index (χ3v) is 5.21. The van der Waals surface area contributed by atoms with Crippen LogP contribution in [0, 0.1) is 11.8 Å². The molecule has 134 valence electrons. The summed E-state index contributed by atoms with van der Waals surface area (Å²) in [6.45, 7) is 7.67. The standard InChI is InChI=1S/C19H29N3O.ClH/c1-15-8-12-22(13-9-15)14-16-2-4-18(5-3-16)21-19(23)17-6-10-20-11-7-17;/h2-5,15,17,20H,6-14H2,1H3,(H,21,23);1H. The van der Waals surface area contributed by atoms with Gasteiger partial charge in [-0.25, -0.2) is 0 Å². The molecule has 0 unspecified atom stereocenters. The molecule has 0 bridgehead atoms. The molecule has 1 amide bonds. The lowest BCUT2D eigenvalue weighted by molar-refractivity contribution is -0.120. The minimum Gasteiger partial charge on any atom is -0.326 e. The molecule has 0 radical (unpaired) electrons. The van der Waals surface area contributed by atoms with E-state index in [4.69, 9.17) is 0 Å². The van der Waals surface area contributed by atoms with Crippen molar-refractivity contribution in [3.63, 3.8) is 0 Å². The van der Waals surface area contributed by atoms with Crippen LogP contribution in [0.1, 0.15) is 38.2 Å². The highest BCUT2D eigenvalue weighted by atomic mass is 35.5. The normalized spacial score (nSPS) is 20.4. The molecule has 1 aromatic carbocycles. The first-order valence-corrected chi connectivity index (χ1v) is 9.03. The molecule has 2 N–H and O–H groups in total. The van der Waals surface area contributed by atoms with Crippen molar-refractivity contribution in [2.45, 2.75) is 39.2 Å². The summed E-state index contributed by atoms with van der Waals surface area (Å²) in [6.07, 6.45) is 4.50. The maximum atomic E-state index is 12.3. The van der Waals surface area contributed by atoms with Gasteiger partial charge in [0.15, 0.2) is 0 Å². The molecule has 0 aromatic heterocycles. The highest BCUT2D eigenvalue weighted by Gasteiger charge is 2.21. The van der Waals surface area contributed by atoms with Crippen molar-refractivity contribution in [3.8, 4) is 0 Å². The van der Waals surface area contributed by atoms with Crippen LogP contribution in [-0.2, 0) is 11.3 Å². The van der Waals surface area contributed by atoms with Crippen LogP contribution in [0.4, 0.5) is 5.69 Å². The van der Waals surface area contributed by atoms with Gasteiger partial charge < -0.3 is 10.6 Å². The second-order valence-corrected chi connectivity index (χ2v) is 7.17. The Kier molecular flexibility index (Phi) is 7.53. The molecule has 2 fully saturated rings. The van der Waals surface area contributed by atoms with E-state index in [0.29, 0.717) is 0 Å². The first kappa shape index (κ1) is 19.2. The lowest BCUT2D eigenvalue weighted by Crippen LogP contribution is -2.34. The van der Waals surface area contributed by atoms with Gasteiger partial charge in [0.2, 0.25) is 5.91 Å². The number of nitrogens with zero attached hydrogens (tertiary/aromatic N) is 1. The van der Waals surface area contributed by atoms with E-state index in [9.17, 15) is 4.79 Å². The molecular formula is C19H30ClN3O. The fraction of sp³-hybridized carbons (Fsp3) is 0.632. The maximum absolute atomic E-state index is 12.3. The number of nitrogens with one attached hydrogen (secondary N) is 2. The van der Waals surface area contributed by atoms with E-state index >= 15 is 0 Å². The molecule has 24 heavy (non-hydrogen) atoms. The number of carbonyl (C=O) groups is 1. The van der Waals surface area contributed by atoms with E-state index in [2.05, 4.69) is 34.6 Å². The maximum Gasteiger partial charge on any atom is 0.227 e. The molecule has 0 saturated carbocycles. The first-order valence-electron chi connectivity index (χ1n) is 9.03. The second kappa shape index (κ2) is 9.40. The van der Waals surface area contributed by atoms with E-state index in [1.807, 2.05) is 12.1 Å². The van der Waals surface area contributed by atoms with Gasteiger partial charge in [0.05, 0.1) is 0 Å². The predicted octanol–water partition coefficient (Wildman–Crippen LogP) is 3.28. The summed E-state index contributed by atoms with van der Waals surface area (Å²) in [4.78, 5) is 14.8. The monoisotopic (exact) mass is 351 g/mol. The smallest absolute Gasteiger partial charge is 0.227 e. The van der Waals surface area contributed by atoms with Crippen molar-refractivity contribution in [2.24, 2.45) is 11.8 Å². The Bertz CT molecular complexity index is 506. The number of hydrogen-bond acceptors (Lipinski definition) is 3. The summed E-state index contributed by atoms with van der Waals surface area (Å²) in [5.74, 6) is 1.20. The lowest BCUT2D eigenvalue weighted by Gasteiger charge is -2.30.